The smallest absolute Gasteiger partial charge is 0.329 e. The van der Waals surface area contributed by atoms with Gasteiger partial charge in [-0.2, -0.15) is 0 Å². The Morgan fingerprint density at radius 3 is 2.71 bits per heavy atom. The topological polar surface area (TPSA) is 38.3 Å². The largest absolute Gasteiger partial charge is 0.344 e. The quantitative estimate of drug-likeness (QED) is 0.505. The fourth-order valence-corrected chi connectivity index (χ4v) is 0.125. The first kappa shape index (κ1) is 6.01. The van der Waals surface area contributed by atoms with Gasteiger partial charge in [0.15, 0.2) is 0 Å². The van der Waals surface area contributed by atoms with Gasteiger partial charge in [-0.3, -0.25) is 4.79 Å². The molecule has 0 aromatic rings. The predicted molar refractivity (Wildman–Crippen MR) is 25.1 cm³/mol. The SMILES string of the molecule is C=CNOC(C)=O. The molecule has 0 heterocycles. The van der Waals surface area contributed by atoms with E-state index in [2.05, 4.69) is 16.9 Å². The first-order chi connectivity index (χ1) is 3.27. The highest BCUT2D eigenvalue weighted by atomic mass is 16.7. The van der Waals surface area contributed by atoms with E-state index in [-0.39, 0.29) is 5.97 Å². The molecule has 0 aromatic carbocycles. The van der Waals surface area contributed by atoms with Crippen LogP contribution in [0.3, 0.4) is 0 Å². The van der Waals surface area contributed by atoms with Crippen LogP contribution in [0.4, 0.5) is 0 Å². The number of hydrogen-bond donors (Lipinski definition) is 1. The molecule has 1 N–H and O–H groups in total. The molecule has 0 rings (SSSR count). The third kappa shape index (κ3) is 5.01. The summed E-state index contributed by atoms with van der Waals surface area (Å²) in [7, 11) is 0. The van der Waals surface area contributed by atoms with Gasteiger partial charge in [0.2, 0.25) is 0 Å². The molecule has 0 aliphatic carbocycles. The second-order valence-corrected chi connectivity index (χ2v) is 0.916. The first-order valence-electron chi connectivity index (χ1n) is 1.81. The molecule has 0 bridgehead atoms. The van der Waals surface area contributed by atoms with Crippen LogP contribution < -0.4 is 5.48 Å². The van der Waals surface area contributed by atoms with Gasteiger partial charge in [-0.25, -0.2) is 5.48 Å². The van der Waals surface area contributed by atoms with Crippen LogP contribution >= 0.6 is 0 Å². The van der Waals surface area contributed by atoms with E-state index in [1.54, 1.807) is 0 Å². The maximum absolute atomic E-state index is 9.87. The Hall–Kier alpha value is -0.990. The van der Waals surface area contributed by atoms with Crippen molar-refractivity contribution in [3.8, 4) is 0 Å². The molecule has 0 amide bonds. The average Bonchev–Trinajstić information content (AvgIpc) is 1.61. The highest BCUT2D eigenvalue weighted by Crippen LogP contribution is 1.64. The molecule has 0 fully saturated rings. The van der Waals surface area contributed by atoms with E-state index >= 15 is 0 Å². The molecule has 0 atom stereocenters. The lowest BCUT2D eigenvalue weighted by atomic mass is 10.8. The van der Waals surface area contributed by atoms with Gasteiger partial charge in [-0.1, -0.05) is 6.58 Å². The van der Waals surface area contributed by atoms with E-state index in [0.29, 0.717) is 0 Å². The summed E-state index contributed by atoms with van der Waals surface area (Å²) in [4.78, 5) is 14.1. The summed E-state index contributed by atoms with van der Waals surface area (Å²) >= 11 is 0. The van der Waals surface area contributed by atoms with Gasteiger partial charge in [-0.15, -0.1) is 0 Å². The van der Waals surface area contributed by atoms with Crippen molar-refractivity contribution in [2.75, 3.05) is 0 Å². The van der Waals surface area contributed by atoms with E-state index in [4.69, 9.17) is 0 Å². The maximum atomic E-state index is 9.87. The molecule has 7 heavy (non-hydrogen) atoms. The summed E-state index contributed by atoms with van der Waals surface area (Å²) in [6.45, 7) is 4.55. The molecular formula is C4H7NO2. The average molecular weight is 101 g/mol. The normalized spacial score (nSPS) is 7.00. The molecule has 3 nitrogen and oxygen atoms in total. The van der Waals surface area contributed by atoms with Crippen molar-refractivity contribution in [1.29, 1.82) is 0 Å². The Bertz CT molecular complexity index is 79.8. The zero-order valence-corrected chi connectivity index (χ0v) is 4.10. The van der Waals surface area contributed by atoms with Gasteiger partial charge >= 0.3 is 5.97 Å². The van der Waals surface area contributed by atoms with Crippen molar-refractivity contribution in [3.63, 3.8) is 0 Å². The van der Waals surface area contributed by atoms with Crippen LogP contribution in [0.1, 0.15) is 6.92 Å². The molecular weight excluding hydrogens is 94.0 g/mol. The highest BCUT2D eigenvalue weighted by Gasteiger charge is 1.82. The van der Waals surface area contributed by atoms with Crippen LogP contribution in [0.2, 0.25) is 0 Å². The Labute approximate surface area is 41.9 Å². The lowest BCUT2D eigenvalue weighted by Gasteiger charge is -1.93. The summed E-state index contributed by atoms with van der Waals surface area (Å²) in [6, 6.07) is 0. The molecule has 40 valence electrons. The van der Waals surface area contributed by atoms with Crippen LogP contribution in [-0.4, -0.2) is 5.97 Å². The van der Waals surface area contributed by atoms with E-state index in [0.717, 1.165) is 0 Å². The second-order valence-electron chi connectivity index (χ2n) is 0.916. The molecule has 0 unspecified atom stereocenters. The van der Waals surface area contributed by atoms with Gasteiger partial charge in [0, 0.05) is 13.1 Å². The zero-order valence-electron chi connectivity index (χ0n) is 4.10. The monoisotopic (exact) mass is 101 g/mol. The van der Waals surface area contributed by atoms with Gasteiger partial charge in [0.25, 0.3) is 0 Å². The van der Waals surface area contributed by atoms with E-state index < -0.39 is 0 Å². The highest BCUT2D eigenvalue weighted by molar-refractivity contribution is 5.65. The van der Waals surface area contributed by atoms with Crippen LogP contribution in [0.25, 0.3) is 0 Å². The van der Waals surface area contributed by atoms with E-state index in [9.17, 15) is 4.79 Å². The van der Waals surface area contributed by atoms with Crippen LogP contribution in [0, 0.1) is 0 Å². The Balaban J connectivity index is 2.97. The number of rotatable bonds is 2. The zero-order chi connectivity index (χ0) is 5.70. The predicted octanol–water partition coefficient (Wildman–Crippen LogP) is 0.198. The second kappa shape index (κ2) is 3.21. The lowest BCUT2D eigenvalue weighted by molar-refractivity contribution is -0.146. The third-order valence-electron chi connectivity index (χ3n) is 0.286. The standard InChI is InChI=1S/C4H7NO2/c1-3-5-7-4(2)6/h3,5H,1H2,2H3. The molecule has 0 aromatic heterocycles. The summed E-state index contributed by atoms with van der Waals surface area (Å²) in [6.07, 6.45) is 1.28. The summed E-state index contributed by atoms with van der Waals surface area (Å²) in [5.41, 5.74) is 2.16. The van der Waals surface area contributed by atoms with Crippen molar-refractivity contribution < 1.29 is 9.63 Å². The van der Waals surface area contributed by atoms with E-state index in [1.807, 2.05) is 0 Å². The van der Waals surface area contributed by atoms with E-state index in [1.165, 1.54) is 13.1 Å². The first-order valence-corrected chi connectivity index (χ1v) is 1.81. The van der Waals surface area contributed by atoms with Crippen molar-refractivity contribution in [3.05, 3.63) is 12.8 Å². The number of hydrogen-bond acceptors (Lipinski definition) is 3. The molecule has 0 spiro atoms. The van der Waals surface area contributed by atoms with Crippen molar-refractivity contribution >= 4 is 5.97 Å². The fourth-order valence-electron chi connectivity index (χ4n) is 0.125. The molecule has 0 saturated carbocycles. The van der Waals surface area contributed by atoms with Gasteiger partial charge in [0.1, 0.15) is 0 Å². The van der Waals surface area contributed by atoms with Gasteiger partial charge < -0.3 is 4.84 Å². The molecule has 0 saturated heterocycles. The van der Waals surface area contributed by atoms with Gasteiger partial charge in [0.05, 0.1) is 0 Å². The number of carbonyl (C=O) groups excluding carboxylic acids is 1. The van der Waals surface area contributed by atoms with Crippen LogP contribution in [0.5, 0.6) is 0 Å². The third-order valence-corrected chi connectivity index (χ3v) is 0.286. The number of carbonyl (C=O) groups is 1. The maximum Gasteiger partial charge on any atom is 0.329 e. The fraction of sp³-hybridized carbons (Fsp3) is 0.250. The minimum absolute atomic E-state index is 0.375. The molecule has 0 radical (unpaired) electrons. The Morgan fingerprint density at radius 2 is 2.57 bits per heavy atom. The Morgan fingerprint density at radius 1 is 2.00 bits per heavy atom. The molecule has 0 aliphatic heterocycles. The number of nitrogens with one attached hydrogen (secondary N) is 1. The summed E-state index contributed by atoms with van der Waals surface area (Å²) < 4.78 is 0. The Kier molecular flexibility index (Phi) is 2.76. The molecule has 3 heteroatoms. The summed E-state index contributed by atoms with van der Waals surface area (Å²) in [5.74, 6) is -0.375. The number of hydroxylamine groups is 1. The van der Waals surface area contributed by atoms with Crippen LogP contribution in [-0.2, 0) is 9.63 Å². The van der Waals surface area contributed by atoms with Gasteiger partial charge in [-0.05, 0) is 0 Å². The molecule has 0 aliphatic rings. The van der Waals surface area contributed by atoms with Crippen molar-refractivity contribution in [2.45, 2.75) is 6.92 Å². The van der Waals surface area contributed by atoms with Crippen molar-refractivity contribution in [2.24, 2.45) is 0 Å². The van der Waals surface area contributed by atoms with Crippen molar-refractivity contribution in [1.82, 2.24) is 5.48 Å². The minimum Gasteiger partial charge on any atom is -0.344 e. The lowest BCUT2D eigenvalue weighted by Crippen LogP contribution is -2.09. The summed E-state index contributed by atoms with van der Waals surface area (Å²) in [5, 5.41) is 0. The minimum atomic E-state index is -0.375. The van der Waals surface area contributed by atoms with Crippen LogP contribution in [0.15, 0.2) is 12.8 Å².